The van der Waals surface area contributed by atoms with Gasteiger partial charge in [-0.1, -0.05) is 54.6 Å². The fourth-order valence-corrected chi connectivity index (χ4v) is 5.45. The van der Waals surface area contributed by atoms with Gasteiger partial charge < -0.3 is 20.1 Å². The van der Waals surface area contributed by atoms with Crippen molar-refractivity contribution in [2.75, 3.05) is 25.0 Å². The van der Waals surface area contributed by atoms with E-state index < -0.39 is 12.0 Å². The van der Waals surface area contributed by atoms with E-state index in [1.165, 1.54) is 12.8 Å². The van der Waals surface area contributed by atoms with Gasteiger partial charge in [-0.25, -0.2) is 4.79 Å². The van der Waals surface area contributed by atoms with Crippen LogP contribution >= 0.6 is 11.3 Å². The Morgan fingerprint density at radius 1 is 0.929 bits per heavy atom. The Morgan fingerprint density at radius 2 is 1.67 bits per heavy atom. The predicted molar refractivity (Wildman–Crippen MR) is 164 cm³/mol. The van der Waals surface area contributed by atoms with Crippen LogP contribution in [0.1, 0.15) is 39.9 Å². The number of ketones is 1. The number of carboxylic acids is 1. The molecule has 0 aliphatic heterocycles. The maximum absolute atomic E-state index is 13.1. The number of nitrogens with one attached hydrogen (secondary N) is 1. The van der Waals surface area contributed by atoms with Gasteiger partial charge in [-0.05, 0) is 71.0 Å². The Labute approximate surface area is 249 Å². The van der Waals surface area contributed by atoms with Gasteiger partial charge >= 0.3 is 5.97 Å². The molecule has 3 aromatic carbocycles. The molecule has 1 aliphatic carbocycles. The zero-order valence-electron chi connectivity index (χ0n) is 23.3. The molecule has 1 amide bonds. The number of carbonyl (C=O) groups is 3. The largest absolute Gasteiger partial charge is 0.492 e. The smallest absolute Gasteiger partial charge is 0.326 e. The molecule has 0 unspecified atom stereocenters. The number of amides is 1. The van der Waals surface area contributed by atoms with E-state index in [0.29, 0.717) is 48.1 Å². The Morgan fingerprint density at radius 3 is 2.36 bits per heavy atom. The van der Waals surface area contributed by atoms with Crippen LogP contribution < -0.4 is 10.1 Å². The zero-order valence-corrected chi connectivity index (χ0v) is 24.1. The van der Waals surface area contributed by atoms with E-state index in [1.807, 2.05) is 52.1 Å². The number of benzene rings is 3. The lowest BCUT2D eigenvalue weighted by Gasteiger charge is -2.23. The minimum absolute atomic E-state index is 0.124. The lowest BCUT2D eigenvalue weighted by Crippen LogP contribution is -2.37. The molecule has 0 saturated heterocycles. The monoisotopic (exact) mass is 582 g/mol. The Hall–Kier alpha value is -4.43. The van der Waals surface area contributed by atoms with Crippen molar-refractivity contribution in [3.05, 3.63) is 118 Å². The molecular formula is C34H34N2O5S. The van der Waals surface area contributed by atoms with Gasteiger partial charge in [0.05, 0.1) is 13.0 Å². The number of ether oxygens (including phenoxy) is 1. The van der Waals surface area contributed by atoms with Crippen molar-refractivity contribution in [3.63, 3.8) is 0 Å². The van der Waals surface area contributed by atoms with Gasteiger partial charge in [-0.15, -0.1) is 0 Å². The molecule has 42 heavy (non-hydrogen) atoms. The molecule has 1 aromatic heterocycles. The maximum atomic E-state index is 13.1. The Bertz CT molecular complexity index is 1480. The number of hydrogen-bond donors (Lipinski definition) is 2. The highest BCUT2D eigenvalue weighted by molar-refractivity contribution is 7.08. The molecule has 1 aliphatic rings. The van der Waals surface area contributed by atoms with Gasteiger partial charge in [0.1, 0.15) is 18.4 Å². The fourth-order valence-electron chi connectivity index (χ4n) is 4.78. The topological polar surface area (TPSA) is 95.9 Å². The highest BCUT2D eigenvalue weighted by atomic mass is 32.1. The lowest BCUT2D eigenvalue weighted by atomic mass is 10.00. The molecule has 7 nitrogen and oxygen atoms in total. The summed E-state index contributed by atoms with van der Waals surface area (Å²) in [6.07, 6.45) is 2.97. The third-order valence-corrected chi connectivity index (χ3v) is 8.02. The normalized spacial score (nSPS) is 13.2. The molecule has 1 heterocycles. The van der Waals surface area contributed by atoms with E-state index in [2.05, 4.69) is 5.32 Å². The van der Waals surface area contributed by atoms with Crippen molar-refractivity contribution < 1.29 is 24.2 Å². The van der Waals surface area contributed by atoms with Gasteiger partial charge in [-0.3, -0.25) is 9.59 Å². The summed E-state index contributed by atoms with van der Waals surface area (Å²) >= 11 is 1.60. The molecule has 0 radical (unpaired) electrons. The van der Waals surface area contributed by atoms with E-state index in [-0.39, 0.29) is 18.1 Å². The Balaban J connectivity index is 1.17. The van der Waals surface area contributed by atoms with Crippen LogP contribution in [0.2, 0.25) is 0 Å². The second-order valence-electron chi connectivity index (χ2n) is 10.6. The summed E-state index contributed by atoms with van der Waals surface area (Å²) < 4.78 is 5.95. The first-order valence-corrected chi connectivity index (χ1v) is 15.1. The molecule has 216 valence electrons. The molecular weight excluding hydrogens is 548 g/mol. The first kappa shape index (κ1) is 29.1. The van der Waals surface area contributed by atoms with Crippen molar-refractivity contribution in [1.29, 1.82) is 0 Å². The van der Waals surface area contributed by atoms with Crippen molar-refractivity contribution in [3.8, 4) is 5.75 Å². The minimum Gasteiger partial charge on any atom is -0.492 e. The molecule has 8 heteroatoms. The zero-order chi connectivity index (χ0) is 29.3. The standard InChI is InChI=1S/C34H34N2O5S/c37-32(21-26-16-19-42-23-26)36(22-25-10-11-25)17-18-41-28-14-12-24(13-15-28)20-31(34(39)40)35-30-9-5-4-8-29(30)33(38)27-6-2-1-3-7-27/h1-9,12-16,19,23,25,31,35H,10-11,17-18,20-22H2,(H,39,40)/t31-/m0/s1. The molecule has 0 spiro atoms. The third kappa shape index (κ3) is 8.07. The van der Waals surface area contributed by atoms with Gasteiger partial charge in [0.2, 0.25) is 5.91 Å². The fraction of sp³-hybridized carbons (Fsp3) is 0.265. The first-order chi connectivity index (χ1) is 20.5. The number of para-hydroxylation sites is 1. The van der Waals surface area contributed by atoms with Crippen molar-refractivity contribution in [1.82, 2.24) is 4.90 Å². The summed E-state index contributed by atoms with van der Waals surface area (Å²) in [5.41, 5.74) is 3.29. The van der Waals surface area contributed by atoms with Crippen LogP contribution in [0.4, 0.5) is 5.69 Å². The van der Waals surface area contributed by atoms with Crippen LogP contribution in [0.3, 0.4) is 0 Å². The molecule has 4 aromatic rings. The highest BCUT2D eigenvalue weighted by Crippen LogP contribution is 2.30. The number of carbonyl (C=O) groups excluding carboxylic acids is 2. The molecule has 5 rings (SSSR count). The number of thiophene rings is 1. The quantitative estimate of drug-likeness (QED) is 0.168. The van der Waals surface area contributed by atoms with E-state index in [1.54, 1.807) is 59.9 Å². The van der Waals surface area contributed by atoms with E-state index >= 15 is 0 Å². The van der Waals surface area contributed by atoms with Gasteiger partial charge in [0, 0.05) is 29.8 Å². The van der Waals surface area contributed by atoms with Crippen molar-refractivity contribution in [2.45, 2.75) is 31.7 Å². The van der Waals surface area contributed by atoms with Crippen LogP contribution in [0.25, 0.3) is 0 Å². The summed E-state index contributed by atoms with van der Waals surface area (Å²) in [5, 5.41) is 17.0. The van der Waals surface area contributed by atoms with Crippen LogP contribution in [-0.2, 0) is 22.4 Å². The molecule has 1 fully saturated rings. The maximum Gasteiger partial charge on any atom is 0.326 e. The van der Waals surface area contributed by atoms with E-state index in [4.69, 9.17) is 4.74 Å². The summed E-state index contributed by atoms with van der Waals surface area (Å²) in [6, 6.07) is 24.3. The third-order valence-electron chi connectivity index (χ3n) is 7.29. The van der Waals surface area contributed by atoms with Crippen LogP contribution in [0.15, 0.2) is 95.7 Å². The summed E-state index contributed by atoms with van der Waals surface area (Å²) in [7, 11) is 0. The molecule has 0 bridgehead atoms. The van der Waals surface area contributed by atoms with Gasteiger partial charge in [-0.2, -0.15) is 11.3 Å². The Kier molecular flexibility index (Phi) is 9.66. The minimum atomic E-state index is -1.01. The summed E-state index contributed by atoms with van der Waals surface area (Å²) in [4.78, 5) is 40.0. The van der Waals surface area contributed by atoms with Crippen LogP contribution in [0, 0.1) is 5.92 Å². The van der Waals surface area contributed by atoms with E-state index in [9.17, 15) is 19.5 Å². The lowest BCUT2D eigenvalue weighted by molar-refractivity contribution is -0.138. The second kappa shape index (κ2) is 14.0. The van der Waals surface area contributed by atoms with Gasteiger partial charge in [0.25, 0.3) is 0 Å². The number of hydrogen-bond acceptors (Lipinski definition) is 6. The second-order valence-corrected chi connectivity index (χ2v) is 11.3. The number of carboxylic acid groups (broad SMARTS) is 1. The first-order valence-electron chi connectivity index (χ1n) is 14.1. The van der Waals surface area contributed by atoms with Crippen molar-refractivity contribution >= 4 is 34.7 Å². The molecule has 1 saturated carbocycles. The average molecular weight is 583 g/mol. The van der Waals surface area contributed by atoms with Gasteiger partial charge in [0.15, 0.2) is 5.78 Å². The summed E-state index contributed by atoms with van der Waals surface area (Å²) in [5.74, 6) is 0.191. The number of aliphatic carboxylic acids is 1. The van der Waals surface area contributed by atoms with Crippen LogP contribution in [-0.4, -0.2) is 53.4 Å². The van der Waals surface area contributed by atoms with Crippen molar-refractivity contribution in [2.24, 2.45) is 5.92 Å². The number of nitrogens with zero attached hydrogens (tertiary/aromatic N) is 1. The predicted octanol–water partition coefficient (Wildman–Crippen LogP) is 5.95. The molecule has 1 atom stereocenters. The number of rotatable bonds is 15. The van der Waals surface area contributed by atoms with E-state index in [0.717, 1.165) is 17.7 Å². The highest BCUT2D eigenvalue weighted by Gasteiger charge is 2.27. The SMILES string of the molecule is O=C(c1ccccc1)c1ccccc1N[C@@H](Cc1ccc(OCCN(CC2CC2)C(=O)Cc2ccsc2)cc1)C(=O)O. The van der Waals surface area contributed by atoms with Crippen LogP contribution in [0.5, 0.6) is 5.75 Å². The number of anilines is 1. The summed E-state index contributed by atoms with van der Waals surface area (Å²) in [6.45, 7) is 1.68. The average Bonchev–Trinajstić information content (AvgIpc) is 3.69. The molecule has 2 N–H and O–H groups in total.